The first-order valence-corrected chi connectivity index (χ1v) is 6.66. The van der Waals surface area contributed by atoms with Crippen LogP contribution in [0.25, 0.3) is 11.1 Å². The fourth-order valence-corrected chi connectivity index (χ4v) is 2.36. The van der Waals surface area contributed by atoms with Gasteiger partial charge in [0.2, 0.25) is 0 Å². The van der Waals surface area contributed by atoms with Crippen molar-refractivity contribution in [2.45, 2.75) is 19.7 Å². The van der Waals surface area contributed by atoms with Crippen LogP contribution in [0.2, 0.25) is 5.02 Å². The molecule has 0 bridgehead atoms. The Hall–Kier alpha value is -1.52. The van der Waals surface area contributed by atoms with Crippen LogP contribution in [0.15, 0.2) is 36.4 Å². The second-order valence-electron chi connectivity index (χ2n) is 4.76. The molecule has 0 saturated carbocycles. The highest BCUT2D eigenvalue weighted by Crippen LogP contribution is 2.38. The molecule has 0 aromatic heterocycles. The monoisotopic (exact) mass is 314 g/mol. The highest BCUT2D eigenvalue weighted by Gasteiger charge is 2.33. The molecule has 112 valence electrons. The molecule has 0 N–H and O–H groups in total. The van der Waals surface area contributed by atoms with E-state index in [0.29, 0.717) is 12.2 Å². The van der Waals surface area contributed by atoms with E-state index in [-0.39, 0.29) is 10.6 Å². The van der Waals surface area contributed by atoms with Gasteiger partial charge in [-0.2, -0.15) is 13.2 Å². The van der Waals surface area contributed by atoms with E-state index in [1.165, 1.54) is 12.1 Å². The second kappa shape index (κ2) is 6.08. The van der Waals surface area contributed by atoms with Crippen molar-refractivity contribution < 1.29 is 17.9 Å². The van der Waals surface area contributed by atoms with Crippen molar-refractivity contribution in [2.75, 3.05) is 7.11 Å². The summed E-state index contributed by atoms with van der Waals surface area (Å²) >= 11 is 5.69. The zero-order chi connectivity index (χ0) is 15.6. The Morgan fingerprint density at radius 2 is 1.81 bits per heavy atom. The summed E-state index contributed by atoms with van der Waals surface area (Å²) in [4.78, 5) is 0. The number of hydrogen-bond acceptors (Lipinski definition) is 1. The van der Waals surface area contributed by atoms with Gasteiger partial charge in [0.25, 0.3) is 0 Å². The van der Waals surface area contributed by atoms with Crippen molar-refractivity contribution in [1.82, 2.24) is 0 Å². The maximum absolute atomic E-state index is 13.1. The van der Waals surface area contributed by atoms with E-state index in [9.17, 15) is 13.2 Å². The molecule has 1 nitrogen and oxygen atoms in total. The molecule has 0 radical (unpaired) electrons. The van der Waals surface area contributed by atoms with Gasteiger partial charge < -0.3 is 4.74 Å². The van der Waals surface area contributed by atoms with E-state index in [0.717, 1.165) is 17.2 Å². The fourth-order valence-electron chi connectivity index (χ4n) is 2.18. The zero-order valence-electron chi connectivity index (χ0n) is 11.6. The van der Waals surface area contributed by atoms with Crippen LogP contribution in [-0.4, -0.2) is 7.11 Å². The standard InChI is InChI=1S/C16H14ClF3O/c1-10-7-11(3-4-12(10)9-21-2)14-6-5-13(17)8-15(14)16(18,19)20/h3-8H,9H2,1-2H3. The normalized spacial score (nSPS) is 11.7. The van der Waals surface area contributed by atoms with Gasteiger partial charge in [-0.3, -0.25) is 0 Å². The third-order valence-electron chi connectivity index (χ3n) is 3.24. The van der Waals surface area contributed by atoms with Gasteiger partial charge in [-0.25, -0.2) is 0 Å². The van der Waals surface area contributed by atoms with Gasteiger partial charge in [-0.15, -0.1) is 0 Å². The maximum atomic E-state index is 13.1. The van der Waals surface area contributed by atoms with Crippen LogP contribution in [0.1, 0.15) is 16.7 Å². The number of hydrogen-bond donors (Lipinski definition) is 0. The number of rotatable bonds is 3. The smallest absolute Gasteiger partial charge is 0.380 e. The average Bonchev–Trinajstić information content (AvgIpc) is 2.40. The molecule has 2 aromatic rings. The fraction of sp³-hybridized carbons (Fsp3) is 0.250. The lowest BCUT2D eigenvalue weighted by Crippen LogP contribution is -2.07. The summed E-state index contributed by atoms with van der Waals surface area (Å²) < 4.78 is 44.5. The number of aryl methyl sites for hydroxylation is 1. The molecule has 0 aliphatic heterocycles. The van der Waals surface area contributed by atoms with Crippen LogP contribution < -0.4 is 0 Å². The van der Waals surface area contributed by atoms with Gasteiger partial charge >= 0.3 is 6.18 Å². The Morgan fingerprint density at radius 3 is 2.38 bits per heavy atom. The molecule has 5 heteroatoms. The van der Waals surface area contributed by atoms with Crippen molar-refractivity contribution in [3.8, 4) is 11.1 Å². The highest BCUT2D eigenvalue weighted by molar-refractivity contribution is 6.30. The molecule has 0 saturated heterocycles. The Labute approximate surface area is 126 Å². The first-order valence-electron chi connectivity index (χ1n) is 6.28. The van der Waals surface area contributed by atoms with Gasteiger partial charge in [0.15, 0.2) is 0 Å². The molecule has 0 spiro atoms. The third kappa shape index (κ3) is 3.57. The van der Waals surface area contributed by atoms with E-state index in [1.807, 2.05) is 6.92 Å². The molecule has 2 rings (SSSR count). The van der Waals surface area contributed by atoms with Crippen LogP contribution in [0, 0.1) is 6.92 Å². The zero-order valence-corrected chi connectivity index (χ0v) is 12.3. The predicted octanol–water partition coefficient (Wildman–Crippen LogP) is 5.48. The van der Waals surface area contributed by atoms with Crippen molar-refractivity contribution in [1.29, 1.82) is 0 Å². The second-order valence-corrected chi connectivity index (χ2v) is 5.20. The molecule has 0 heterocycles. The van der Waals surface area contributed by atoms with Crippen LogP contribution in [0.5, 0.6) is 0 Å². The summed E-state index contributed by atoms with van der Waals surface area (Å²) in [5.74, 6) is 0. The first-order chi connectivity index (χ1) is 9.82. The topological polar surface area (TPSA) is 9.23 Å². The van der Waals surface area contributed by atoms with E-state index in [4.69, 9.17) is 16.3 Å². The first kappa shape index (κ1) is 15.9. The summed E-state index contributed by atoms with van der Waals surface area (Å²) in [5, 5.41) is 0.0683. The van der Waals surface area contributed by atoms with Crippen LogP contribution >= 0.6 is 11.6 Å². The Kier molecular flexibility index (Phi) is 4.59. The minimum Gasteiger partial charge on any atom is -0.380 e. The van der Waals surface area contributed by atoms with Gasteiger partial charge in [0, 0.05) is 12.1 Å². The minimum atomic E-state index is -4.45. The summed E-state index contributed by atoms with van der Waals surface area (Å²) in [5.41, 5.74) is 1.74. The molecule has 0 fully saturated rings. The van der Waals surface area contributed by atoms with Crippen molar-refractivity contribution in [2.24, 2.45) is 0 Å². The van der Waals surface area contributed by atoms with Gasteiger partial charge in [0.1, 0.15) is 0 Å². The molecule has 2 aromatic carbocycles. The molecular formula is C16H14ClF3O. The molecule has 21 heavy (non-hydrogen) atoms. The van der Waals surface area contributed by atoms with Gasteiger partial charge in [-0.05, 0) is 41.3 Å². The van der Waals surface area contributed by atoms with Crippen LogP contribution in [-0.2, 0) is 17.5 Å². The van der Waals surface area contributed by atoms with Gasteiger partial charge in [-0.1, -0.05) is 35.9 Å². The summed E-state index contributed by atoms with van der Waals surface area (Å²) in [7, 11) is 1.58. The number of benzene rings is 2. The Morgan fingerprint density at radius 1 is 1.10 bits per heavy atom. The predicted molar refractivity (Wildman–Crippen MR) is 77.3 cm³/mol. The lowest BCUT2D eigenvalue weighted by Gasteiger charge is -2.15. The average molecular weight is 315 g/mol. The SMILES string of the molecule is COCc1ccc(-c2ccc(Cl)cc2C(F)(F)F)cc1C. The van der Waals surface area contributed by atoms with E-state index in [2.05, 4.69) is 0 Å². The lowest BCUT2D eigenvalue weighted by atomic mass is 9.96. The molecule has 0 aliphatic carbocycles. The quantitative estimate of drug-likeness (QED) is 0.729. The van der Waals surface area contributed by atoms with E-state index in [1.54, 1.807) is 25.3 Å². The Balaban J connectivity index is 2.54. The van der Waals surface area contributed by atoms with Crippen LogP contribution in [0.4, 0.5) is 13.2 Å². The maximum Gasteiger partial charge on any atom is 0.417 e. The Bertz CT molecular complexity index is 650. The largest absolute Gasteiger partial charge is 0.417 e. The van der Waals surface area contributed by atoms with Crippen molar-refractivity contribution in [3.05, 3.63) is 58.1 Å². The molecule has 0 amide bonds. The summed E-state index contributed by atoms with van der Waals surface area (Å²) in [6.45, 7) is 2.28. The highest BCUT2D eigenvalue weighted by atomic mass is 35.5. The van der Waals surface area contributed by atoms with E-state index >= 15 is 0 Å². The summed E-state index contributed by atoms with van der Waals surface area (Å²) in [6.07, 6.45) is -4.45. The molecule has 0 unspecified atom stereocenters. The molecular weight excluding hydrogens is 301 g/mol. The van der Waals surface area contributed by atoms with Gasteiger partial charge in [0.05, 0.1) is 12.2 Å². The number of alkyl halides is 3. The molecule has 0 aliphatic rings. The van der Waals surface area contributed by atoms with Crippen LogP contribution in [0.3, 0.4) is 0 Å². The number of ether oxygens (including phenoxy) is 1. The van der Waals surface area contributed by atoms with E-state index < -0.39 is 11.7 Å². The third-order valence-corrected chi connectivity index (χ3v) is 3.48. The number of methoxy groups -OCH3 is 1. The summed E-state index contributed by atoms with van der Waals surface area (Å²) in [6, 6.07) is 8.99. The van der Waals surface area contributed by atoms with Crippen molar-refractivity contribution >= 4 is 11.6 Å². The molecule has 0 atom stereocenters. The number of halogens is 4. The van der Waals surface area contributed by atoms with Crippen molar-refractivity contribution in [3.63, 3.8) is 0 Å². The minimum absolute atomic E-state index is 0.0683. The lowest BCUT2D eigenvalue weighted by molar-refractivity contribution is -0.137.